The molecule has 30 heavy (non-hydrogen) atoms. The van der Waals surface area contributed by atoms with Crippen LogP contribution >= 0.6 is 34.3 Å². The molecule has 5 nitrogen and oxygen atoms in total. The highest BCUT2D eigenvalue weighted by Gasteiger charge is 2.16. The van der Waals surface area contributed by atoms with E-state index in [1.807, 2.05) is 60.0 Å². The number of para-hydroxylation sites is 1. The van der Waals surface area contributed by atoms with Gasteiger partial charge in [0.15, 0.2) is 5.13 Å². The van der Waals surface area contributed by atoms with E-state index in [2.05, 4.69) is 15.3 Å². The molecule has 0 aliphatic heterocycles. The second kappa shape index (κ2) is 7.95. The fraction of sp³-hybridized carbons (Fsp3) is 0. The average molecular weight is 449 g/mol. The van der Waals surface area contributed by atoms with E-state index in [1.54, 1.807) is 12.3 Å². The summed E-state index contributed by atoms with van der Waals surface area (Å²) in [5.41, 5.74) is 3.49. The molecule has 0 saturated carbocycles. The van der Waals surface area contributed by atoms with E-state index in [-0.39, 0.29) is 5.91 Å². The molecule has 0 aliphatic rings. The Labute approximate surface area is 185 Å². The number of pyridine rings is 2. The van der Waals surface area contributed by atoms with Gasteiger partial charge in [0.1, 0.15) is 5.69 Å². The van der Waals surface area contributed by atoms with Crippen LogP contribution in [0.1, 0.15) is 10.4 Å². The van der Waals surface area contributed by atoms with Crippen molar-refractivity contribution >= 4 is 56.2 Å². The van der Waals surface area contributed by atoms with Crippen molar-refractivity contribution in [1.29, 1.82) is 0 Å². The first-order valence-electron chi connectivity index (χ1n) is 9.01. The average Bonchev–Trinajstić information content (AvgIpc) is 3.42. The monoisotopic (exact) mass is 448 g/mol. The van der Waals surface area contributed by atoms with Gasteiger partial charge in [-0.1, -0.05) is 35.9 Å². The fourth-order valence-corrected chi connectivity index (χ4v) is 4.77. The summed E-state index contributed by atoms with van der Waals surface area (Å²) >= 11 is 8.88. The number of amides is 1. The van der Waals surface area contributed by atoms with Gasteiger partial charge in [-0.15, -0.1) is 22.7 Å². The number of carbonyl (C=O) groups is 1. The minimum Gasteiger partial charge on any atom is -0.298 e. The largest absolute Gasteiger partial charge is 0.298 e. The van der Waals surface area contributed by atoms with E-state index in [0.29, 0.717) is 20.7 Å². The van der Waals surface area contributed by atoms with Crippen molar-refractivity contribution in [3.63, 3.8) is 0 Å². The Balaban J connectivity index is 1.51. The van der Waals surface area contributed by atoms with E-state index in [4.69, 9.17) is 16.6 Å². The van der Waals surface area contributed by atoms with Crippen molar-refractivity contribution in [2.45, 2.75) is 0 Å². The molecule has 0 aliphatic carbocycles. The maximum atomic E-state index is 13.2. The number of benzene rings is 1. The van der Waals surface area contributed by atoms with Crippen LogP contribution in [0.15, 0.2) is 72.2 Å². The molecule has 0 fully saturated rings. The minimum absolute atomic E-state index is 0.237. The van der Waals surface area contributed by atoms with E-state index in [1.165, 1.54) is 22.7 Å². The molecular formula is C22H13ClN4OS2. The lowest BCUT2D eigenvalue weighted by atomic mass is 10.1. The van der Waals surface area contributed by atoms with E-state index in [9.17, 15) is 4.79 Å². The van der Waals surface area contributed by atoms with Crippen molar-refractivity contribution in [1.82, 2.24) is 15.0 Å². The number of carbonyl (C=O) groups excluding carboxylic acids is 1. The third-order valence-corrected chi connectivity index (χ3v) is 6.45. The van der Waals surface area contributed by atoms with Gasteiger partial charge in [-0.05, 0) is 36.4 Å². The predicted octanol–water partition coefficient (Wildman–Crippen LogP) is 6.39. The predicted molar refractivity (Wildman–Crippen MR) is 123 cm³/mol. The second-order valence-corrected chi connectivity index (χ2v) is 8.96. The summed E-state index contributed by atoms with van der Waals surface area (Å²) < 4.78 is 0.677. The lowest BCUT2D eigenvalue weighted by Gasteiger charge is -2.08. The first-order chi connectivity index (χ1) is 14.7. The van der Waals surface area contributed by atoms with Crippen molar-refractivity contribution in [2.24, 2.45) is 0 Å². The van der Waals surface area contributed by atoms with Crippen LogP contribution in [0.4, 0.5) is 5.13 Å². The third kappa shape index (κ3) is 3.70. The molecule has 1 amide bonds. The Morgan fingerprint density at radius 1 is 0.933 bits per heavy atom. The number of thiophene rings is 1. The smallest absolute Gasteiger partial charge is 0.258 e. The quantitative estimate of drug-likeness (QED) is 0.346. The van der Waals surface area contributed by atoms with Crippen molar-refractivity contribution in [3.05, 3.63) is 82.1 Å². The zero-order chi connectivity index (χ0) is 20.5. The van der Waals surface area contributed by atoms with Crippen LogP contribution in [0.5, 0.6) is 0 Å². The molecule has 0 spiro atoms. The number of hydrogen-bond acceptors (Lipinski definition) is 6. The van der Waals surface area contributed by atoms with Gasteiger partial charge < -0.3 is 0 Å². The molecule has 146 valence electrons. The van der Waals surface area contributed by atoms with Gasteiger partial charge in [0, 0.05) is 17.0 Å². The number of halogens is 1. The summed E-state index contributed by atoms with van der Waals surface area (Å²) in [4.78, 5) is 27.6. The van der Waals surface area contributed by atoms with Crippen LogP contribution in [0.25, 0.3) is 32.9 Å². The number of nitrogens with zero attached hydrogens (tertiary/aromatic N) is 3. The first kappa shape index (κ1) is 18.9. The molecular weight excluding hydrogens is 436 g/mol. The van der Waals surface area contributed by atoms with Crippen molar-refractivity contribution in [3.8, 4) is 22.0 Å². The number of nitrogens with one attached hydrogen (secondary N) is 1. The van der Waals surface area contributed by atoms with Gasteiger partial charge in [0.2, 0.25) is 0 Å². The molecule has 1 aromatic carbocycles. The second-order valence-electron chi connectivity index (χ2n) is 6.38. The van der Waals surface area contributed by atoms with E-state index < -0.39 is 0 Å². The molecule has 4 aromatic heterocycles. The maximum Gasteiger partial charge on any atom is 0.258 e. The minimum atomic E-state index is -0.237. The Hall–Kier alpha value is -3.13. The summed E-state index contributed by atoms with van der Waals surface area (Å²) in [6.07, 6.45) is 1.72. The summed E-state index contributed by atoms with van der Waals surface area (Å²) in [7, 11) is 0. The molecule has 0 atom stereocenters. The standard InChI is InChI=1S/C22H13ClN4OS2/c23-20-9-8-19(30-20)17-11-14(13-5-1-2-6-15(13)25-17)21(28)27-22-26-18(12-29-22)16-7-3-4-10-24-16/h1-12H,(H,26,27,28). The first-order valence-corrected chi connectivity index (χ1v) is 11.1. The molecule has 0 saturated heterocycles. The normalized spacial score (nSPS) is 11.0. The number of hydrogen-bond donors (Lipinski definition) is 1. The lowest BCUT2D eigenvalue weighted by Crippen LogP contribution is -2.13. The highest BCUT2D eigenvalue weighted by atomic mass is 35.5. The Bertz CT molecular complexity index is 1360. The van der Waals surface area contributed by atoms with Gasteiger partial charge in [-0.2, -0.15) is 0 Å². The van der Waals surface area contributed by atoms with Crippen LogP contribution in [-0.4, -0.2) is 20.9 Å². The highest BCUT2D eigenvalue weighted by molar-refractivity contribution is 7.19. The molecule has 1 N–H and O–H groups in total. The third-order valence-electron chi connectivity index (χ3n) is 4.44. The molecule has 4 heterocycles. The lowest BCUT2D eigenvalue weighted by molar-refractivity contribution is 0.102. The Kier molecular flexibility index (Phi) is 5.00. The van der Waals surface area contributed by atoms with Gasteiger partial charge in [0.05, 0.1) is 31.7 Å². The van der Waals surface area contributed by atoms with Crippen molar-refractivity contribution < 1.29 is 4.79 Å². The summed E-state index contributed by atoms with van der Waals surface area (Å²) in [6, 6.07) is 18.8. The van der Waals surface area contributed by atoms with E-state index in [0.717, 1.165) is 27.2 Å². The van der Waals surface area contributed by atoms with Crippen LogP contribution < -0.4 is 5.32 Å². The number of rotatable bonds is 4. The zero-order valence-corrected chi connectivity index (χ0v) is 17.8. The van der Waals surface area contributed by atoms with Crippen molar-refractivity contribution in [2.75, 3.05) is 5.32 Å². The Morgan fingerprint density at radius 3 is 2.60 bits per heavy atom. The number of anilines is 1. The maximum absolute atomic E-state index is 13.2. The topological polar surface area (TPSA) is 67.8 Å². The van der Waals surface area contributed by atoms with Crippen LogP contribution in [0, 0.1) is 0 Å². The molecule has 5 rings (SSSR count). The molecule has 0 bridgehead atoms. The highest BCUT2D eigenvalue weighted by Crippen LogP contribution is 2.33. The molecule has 0 radical (unpaired) electrons. The number of aromatic nitrogens is 3. The van der Waals surface area contributed by atoms with Crippen LogP contribution in [-0.2, 0) is 0 Å². The SMILES string of the molecule is O=C(Nc1nc(-c2ccccn2)cs1)c1cc(-c2ccc(Cl)s2)nc2ccccc12. The number of thiazole rings is 1. The van der Waals surface area contributed by atoms with Crippen LogP contribution in [0.3, 0.4) is 0 Å². The van der Waals surface area contributed by atoms with Gasteiger partial charge in [-0.3, -0.25) is 15.1 Å². The Morgan fingerprint density at radius 2 is 1.80 bits per heavy atom. The molecule has 8 heteroatoms. The number of fused-ring (bicyclic) bond motifs is 1. The van der Waals surface area contributed by atoms with E-state index >= 15 is 0 Å². The molecule has 0 unspecified atom stereocenters. The van der Waals surface area contributed by atoms with Gasteiger partial charge in [-0.25, -0.2) is 9.97 Å². The summed E-state index contributed by atoms with van der Waals surface area (Å²) in [5, 5.41) is 6.09. The van der Waals surface area contributed by atoms with Gasteiger partial charge >= 0.3 is 0 Å². The zero-order valence-electron chi connectivity index (χ0n) is 15.4. The van der Waals surface area contributed by atoms with Gasteiger partial charge in [0.25, 0.3) is 5.91 Å². The fourth-order valence-electron chi connectivity index (χ4n) is 3.07. The summed E-state index contributed by atoms with van der Waals surface area (Å²) in [5.74, 6) is -0.237. The molecule has 5 aromatic rings. The summed E-state index contributed by atoms with van der Waals surface area (Å²) in [6.45, 7) is 0. The van der Waals surface area contributed by atoms with Crippen LogP contribution in [0.2, 0.25) is 4.34 Å².